The zero-order valence-electron chi connectivity index (χ0n) is 16.5. The summed E-state index contributed by atoms with van der Waals surface area (Å²) < 4.78 is 0. The van der Waals surface area contributed by atoms with E-state index < -0.39 is 0 Å². The topological polar surface area (TPSA) is 0 Å². The monoisotopic (exact) mass is 344 g/mol. The fourth-order valence-electron chi connectivity index (χ4n) is 4.81. The molecule has 0 radical (unpaired) electrons. The van der Waals surface area contributed by atoms with Crippen LogP contribution in [0.15, 0.2) is 0 Å². The van der Waals surface area contributed by atoms with Gasteiger partial charge in [0.05, 0.1) is 0 Å². The molecular weight excluding hydrogens is 302 g/mol. The lowest BCUT2D eigenvalue weighted by molar-refractivity contribution is 0.0407. The molecule has 0 heterocycles. The van der Waals surface area contributed by atoms with Gasteiger partial charge in [-0.2, -0.15) is 0 Å². The third kappa shape index (κ3) is 5.45. The first-order chi connectivity index (χ1) is 10.2. The van der Waals surface area contributed by atoms with Gasteiger partial charge in [0.25, 0.3) is 0 Å². The second kappa shape index (κ2) is 9.37. The maximum atomic E-state index is 2.56. The summed E-state index contributed by atoms with van der Waals surface area (Å²) >= 11 is 0. The highest BCUT2D eigenvalue weighted by Gasteiger charge is 2.46. The van der Waals surface area contributed by atoms with Crippen molar-refractivity contribution in [3.63, 3.8) is 0 Å². The Morgan fingerprint density at radius 1 is 0.773 bits per heavy atom. The van der Waals surface area contributed by atoms with Crippen molar-refractivity contribution in [1.29, 1.82) is 0 Å². The van der Waals surface area contributed by atoms with Gasteiger partial charge in [-0.3, -0.25) is 0 Å². The smallest absolute Gasteiger partial charge is 0.0223 e. The summed E-state index contributed by atoms with van der Waals surface area (Å²) in [6.45, 7) is 19.7. The minimum Gasteiger partial charge on any atom is -0.116 e. The molecule has 2 heteroatoms. The van der Waals surface area contributed by atoms with Crippen molar-refractivity contribution in [3.05, 3.63) is 0 Å². The van der Waals surface area contributed by atoms with E-state index in [0.717, 1.165) is 34.5 Å². The number of hydrogen-bond donors (Lipinski definition) is 0. The standard InChI is InChI=1S/C20H42P2/c1-9-16(7)20(17(8)10-2)12-18(21-14(3)4)11-19(13-20)22-15(5)6/h14-19,21-22H,9-13H2,1-8H3. The fourth-order valence-corrected chi connectivity index (χ4v) is 8.77. The Bertz CT molecular complexity index is 281. The van der Waals surface area contributed by atoms with E-state index in [1.54, 1.807) is 0 Å². The molecule has 0 bridgehead atoms. The zero-order valence-corrected chi connectivity index (χ0v) is 18.5. The van der Waals surface area contributed by atoms with Crippen molar-refractivity contribution < 1.29 is 0 Å². The van der Waals surface area contributed by atoms with Crippen LogP contribution in [0.2, 0.25) is 0 Å². The second-order valence-corrected chi connectivity index (χ2v) is 13.1. The molecule has 0 aromatic heterocycles. The molecule has 0 aromatic rings. The highest BCUT2D eigenvalue weighted by atomic mass is 31.1. The Morgan fingerprint density at radius 3 is 1.41 bits per heavy atom. The molecule has 0 N–H and O–H groups in total. The van der Waals surface area contributed by atoms with E-state index in [1.807, 2.05) is 0 Å². The second-order valence-electron chi connectivity index (χ2n) is 8.53. The van der Waals surface area contributed by atoms with E-state index in [0.29, 0.717) is 5.41 Å². The van der Waals surface area contributed by atoms with Crippen molar-refractivity contribution in [2.24, 2.45) is 17.3 Å². The van der Waals surface area contributed by atoms with E-state index in [1.165, 1.54) is 49.3 Å². The van der Waals surface area contributed by atoms with Crippen LogP contribution in [0.25, 0.3) is 0 Å². The summed E-state index contributed by atoms with van der Waals surface area (Å²) in [5.74, 6) is 1.78. The summed E-state index contributed by atoms with van der Waals surface area (Å²) in [6.07, 6.45) is 7.29. The molecule has 0 aromatic carbocycles. The predicted octanol–water partition coefficient (Wildman–Crippen LogP) is 7.16. The maximum absolute atomic E-state index is 2.56. The molecule has 1 fully saturated rings. The van der Waals surface area contributed by atoms with E-state index in [4.69, 9.17) is 0 Å². The first-order valence-electron chi connectivity index (χ1n) is 9.77. The van der Waals surface area contributed by atoms with E-state index in [9.17, 15) is 0 Å². The Morgan fingerprint density at radius 2 is 1.14 bits per heavy atom. The average Bonchev–Trinajstić information content (AvgIpc) is 2.43. The van der Waals surface area contributed by atoms with Crippen LogP contribution in [-0.2, 0) is 0 Å². The van der Waals surface area contributed by atoms with Crippen LogP contribution in [0.1, 0.15) is 87.5 Å². The molecule has 6 atom stereocenters. The summed E-state index contributed by atoms with van der Waals surface area (Å²) in [4.78, 5) is 0. The van der Waals surface area contributed by atoms with Crippen molar-refractivity contribution in [2.75, 3.05) is 0 Å². The molecule has 0 saturated heterocycles. The average molecular weight is 345 g/mol. The van der Waals surface area contributed by atoms with Crippen molar-refractivity contribution in [2.45, 2.75) is 110 Å². The fraction of sp³-hybridized carbons (Fsp3) is 1.00. The SMILES string of the molecule is CCC(C)C1(C(C)CC)CC(PC(C)C)CC(PC(C)C)C1. The van der Waals surface area contributed by atoms with Crippen LogP contribution >= 0.6 is 17.2 Å². The summed E-state index contributed by atoms with van der Waals surface area (Å²) in [5, 5.41) is 0. The molecule has 0 amide bonds. The Balaban J connectivity index is 3.04. The van der Waals surface area contributed by atoms with Crippen molar-refractivity contribution in [3.8, 4) is 0 Å². The predicted molar refractivity (Wildman–Crippen MR) is 110 cm³/mol. The van der Waals surface area contributed by atoms with Crippen LogP contribution < -0.4 is 0 Å². The largest absolute Gasteiger partial charge is 0.116 e. The van der Waals surface area contributed by atoms with Gasteiger partial charge in [-0.05, 0) is 59.1 Å². The lowest BCUT2D eigenvalue weighted by Gasteiger charge is -2.52. The molecule has 0 aliphatic heterocycles. The quantitative estimate of drug-likeness (QED) is 0.410. The molecule has 1 aliphatic carbocycles. The number of hydrogen-bond acceptors (Lipinski definition) is 0. The van der Waals surface area contributed by atoms with E-state index in [2.05, 4.69) is 55.4 Å². The first-order valence-corrected chi connectivity index (χ1v) is 12.1. The molecule has 6 unspecified atom stereocenters. The van der Waals surface area contributed by atoms with Gasteiger partial charge < -0.3 is 0 Å². The van der Waals surface area contributed by atoms with Crippen molar-refractivity contribution >= 4 is 17.2 Å². The molecule has 1 saturated carbocycles. The normalized spacial score (nSPS) is 33.5. The Labute approximate surface area is 144 Å². The summed E-state index contributed by atoms with van der Waals surface area (Å²) in [7, 11) is 2.36. The third-order valence-electron chi connectivity index (χ3n) is 6.15. The highest BCUT2D eigenvalue weighted by Crippen LogP contribution is 2.57. The van der Waals surface area contributed by atoms with Gasteiger partial charge in [0, 0.05) is 0 Å². The molecule has 1 aliphatic rings. The van der Waals surface area contributed by atoms with E-state index >= 15 is 0 Å². The van der Waals surface area contributed by atoms with Gasteiger partial charge in [0.15, 0.2) is 0 Å². The summed E-state index contributed by atoms with van der Waals surface area (Å²) in [5.41, 5.74) is 4.41. The van der Waals surface area contributed by atoms with Gasteiger partial charge in [-0.25, -0.2) is 0 Å². The van der Waals surface area contributed by atoms with Crippen LogP contribution in [0.5, 0.6) is 0 Å². The lowest BCUT2D eigenvalue weighted by Crippen LogP contribution is -2.44. The van der Waals surface area contributed by atoms with Gasteiger partial charge in [-0.1, -0.05) is 68.2 Å². The van der Waals surface area contributed by atoms with E-state index in [-0.39, 0.29) is 0 Å². The van der Waals surface area contributed by atoms with Crippen LogP contribution in [0.4, 0.5) is 0 Å². The van der Waals surface area contributed by atoms with Crippen molar-refractivity contribution in [1.82, 2.24) is 0 Å². The highest BCUT2D eigenvalue weighted by molar-refractivity contribution is 7.41. The molecule has 0 spiro atoms. The van der Waals surface area contributed by atoms with Gasteiger partial charge in [0.2, 0.25) is 0 Å². The van der Waals surface area contributed by atoms with Gasteiger partial charge in [-0.15, -0.1) is 17.2 Å². The van der Waals surface area contributed by atoms with Gasteiger partial charge in [0.1, 0.15) is 0 Å². The first kappa shape index (κ1) is 20.9. The van der Waals surface area contributed by atoms with Crippen LogP contribution in [0, 0.1) is 17.3 Å². The Hall–Kier alpha value is 0.860. The third-order valence-corrected chi connectivity index (χ3v) is 9.30. The number of rotatable bonds is 8. The molecule has 22 heavy (non-hydrogen) atoms. The van der Waals surface area contributed by atoms with Crippen LogP contribution in [0.3, 0.4) is 0 Å². The molecule has 132 valence electrons. The zero-order chi connectivity index (χ0) is 16.9. The maximum Gasteiger partial charge on any atom is -0.0223 e. The van der Waals surface area contributed by atoms with Gasteiger partial charge >= 0.3 is 0 Å². The molecule has 1 rings (SSSR count). The minimum absolute atomic E-state index is 0.626. The Kier molecular flexibility index (Phi) is 8.90. The molecular formula is C20H42P2. The van der Waals surface area contributed by atoms with Crippen LogP contribution in [-0.4, -0.2) is 22.6 Å². The molecule has 0 nitrogen and oxygen atoms in total. The summed E-state index contributed by atoms with van der Waals surface area (Å²) in [6, 6.07) is 0. The minimum atomic E-state index is 0.626. The lowest BCUT2D eigenvalue weighted by atomic mass is 9.58.